The minimum atomic E-state index is -0.252. The van der Waals surface area contributed by atoms with E-state index < -0.39 is 0 Å². The van der Waals surface area contributed by atoms with Gasteiger partial charge in [0.15, 0.2) is 0 Å². The zero-order valence-corrected chi connectivity index (χ0v) is 11.5. The number of hydrogen-bond donors (Lipinski definition) is 0. The van der Waals surface area contributed by atoms with E-state index in [-0.39, 0.29) is 12.2 Å². The second-order valence-corrected chi connectivity index (χ2v) is 5.03. The van der Waals surface area contributed by atoms with Crippen molar-refractivity contribution in [3.05, 3.63) is 35.9 Å². The smallest absolute Gasteiger partial charge is 0.410 e. The molecule has 0 radical (unpaired) electrons. The van der Waals surface area contributed by atoms with Crippen LogP contribution in [0.25, 0.3) is 0 Å². The normalized spacial score (nSPS) is 23.2. The highest BCUT2D eigenvalue weighted by molar-refractivity contribution is 5.67. The summed E-state index contributed by atoms with van der Waals surface area (Å²) in [6, 6.07) is 9.72. The van der Waals surface area contributed by atoms with Crippen LogP contribution >= 0.6 is 0 Å². The van der Waals surface area contributed by atoms with E-state index >= 15 is 0 Å². The number of benzene rings is 1. The number of carbonyl (C=O) groups is 1. The van der Waals surface area contributed by atoms with E-state index in [0.717, 1.165) is 18.5 Å². The Hall–Kier alpha value is -1.55. The third kappa shape index (κ3) is 3.70. The average Bonchev–Trinajstić information content (AvgIpc) is 2.46. The third-order valence-corrected chi connectivity index (χ3v) is 3.66. The van der Waals surface area contributed by atoms with E-state index in [9.17, 15) is 4.79 Å². The molecule has 1 fully saturated rings. The lowest BCUT2D eigenvalue weighted by Gasteiger charge is -2.35. The quantitative estimate of drug-likeness (QED) is 0.841. The summed E-state index contributed by atoms with van der Waals surface area (Å²) in [5, 5.41) is 0. The summed E-state index contributed by atoms with van der Waals surface area (Å²) < 4.78 is 10.7. The highest BCUT2D eigenvalue weighted by Crippen LogP contribution is 2.20. The first-order valence-electron chi connectivity index (χ1n) is 6.69. The Balaban J connectivity index is 1.83. The summed E-state index contributed by atoms with van der Waals surface area (Å²) in [4.78, 5) is 13.7. The molecule has 4 heteroatoms. The molecule has 1 aromatic carbocycles. The Labute approximate surface area is 114 Å². The van der Waals surface area contributed by atoms with Gasteiger partial charge in [0.1, 0.15) is 6.61 Å². The summed E-state index contributed by atoms with van der Waals surface area (Å²) >= 11 is 0. The van der Waals surface area contributed by atoms with Crippen molar-refractivity contribution in [2.45, 2.75) is 26.1 Å². The zero-order valence-electron chi connectivity index (χ0n) is 11.5. The van der Waals surface area contributed by atoms with Crippen LogP contribution in [0.1, 0.15) is 18.9 Å². The summed E-state index contributed by atoms with van der Waals surface area (Å²) in [6.45, 7) is 3.84. The Morgan fingerprint density at radius 1 is 1.37 bits per heavy atom. The molecule has 0 aromatic heterocycles. The van der Waals surface area contributed by atoms with Crippen molar-refractivity contribution in [3.8, 4) is 0 Å². The lowest BCUT2D eigenvalue weighted by atomic mass is 9.96. The van der Waals surface area contributed by atoms with Crippen molar-refractivity contribution < 1.29 is 14.3 Å². The third-order valence-electron chi connectivity index (χ3n) is 3.66. The van der Waals surface area contributed by atoms with Gasteiger partial charge < -0.3 is 14.4 Å². The Morgan fingerprint density at radius 3 is 2.79 bits per heavy atom. The van der Waals surface area contributed by atoms with Crippen LogP contribution in [0.5, 0.6) is 0 Å². The second-order valence-electron chi connectivity index (χ2n) is 5.03. The molecular formula is C15H21NO3. The molecule has 2 atom stereocenters. The molecule has 0 saturated carbocycles. The largest absolute Gasteiger partial charge is 0.445 e. The molecule has 1 amide bonds. The molecule has 0 spiro atoms. The van der Waals surface area contributed by atoms with Crippen LogP contribution in [0.4, 0.5) is 4.79 Å². The molecule has 1 saturated heterocycles. The zero-order chi connectivity index (χ0) is 13.7. The molecule has 0 bridgehead atoms. The molecule has 2 unspecified atom stereocenters. The molecule has 1 aliphatic rings. The maximum atomic E-state index is 12.0. The highest BCUT2D eigenvalue weighted by atomic mass is 16.6. The molecule has 0 N–H and O–H groups in total. The van der Waals surface area contributed by atoms with E-state index in [1.165, 1.54) is 0 Å². The Bertz CT molecular complexity index is 407. The van der Waals surface area contributed by atoms with Gasteiger partial charge >= 0.3 is 6.09 Å². The van der Waals surface area contributed by atoms with Crippen LogP contribution in [-0.2, 0) is 16.1 Å². The molecule has 2 rings (SSSR count). The summed E-state index contributed by atoms with van der Waals surface area (Å²) in [5.74, 6) is 0.489. The first-order chi connectivity index (χ1) is 9.20. The number of piperidine rings is 1. The fraction of sp³-hybridized carbons (Fsp3) is 0.533. The SMILES string of the molecule is COC1CN(C(=O)OCc2ccccc2)CCC1C. The monoisotopic (exact) mass is 263 g/mol. The molecule has 4 nitrogen and oxygen atoms in total. The maximum Gasteiger partial charge on any atom is 0.410 e. The van der Waals surface area contributed by atoms with Crippen molar-refractivity contribution in [2.75, 3.05) is 20.2 Å². The standard InChI is InChI=1S/C15H21NO3/c1-12-8-9-16(10-14(12)18-2)15(17)19-11-13-6-4-3-5-7-13/h3-7,12,14H,8-11H2,1-2H3. The minimum Gasteiger partial charge on any atom is -0.445 e. The van der Waals surface area contributed by atoms with E-state index in [4.69, 9.17) is 9.47 Å². The predicted octanol–water partition coefficient (Wildman–Crippen LogP) is 2.68. The van der Waals surface area contributed by atoms with Crippen LogP contribution in [0.2, 0.25) is 0 Å². The van der Waals surface area contributed by atoms with Gasteiger partial charge in [0.25, 0.3) is 0 Å². The van der Waals surface area contributed by atoms with Crippen LogP contribution in [-0.4, -0.2) is 37.3 Å². The fourth-order valence-electron chi connectivity index (χ4n) is 2.32. The van der Waals surface area contributed by atoms with Gasteiger partial charge in [-0.15, -0.1) is 0 Å². The maximum absolute atomic E-state index is 12.0. The average molecular weight is 263 g/mol. The first-order valence-corrected chi connectivity index (χ1v) is 6.69. The molecule has 1 heterocycles. The van der Waals surface area contributed by atoms with E-state index in [1.54, 1.807) is 12.0 Å². The fourth-order valence-corrected chi connectivity index (χ4v) is 2.32. The van der Waals surface area contributed by atoms with Gasteiger partial charge in [0, 0.05) is 13.7 Å². The van der Waals surface area contributed by atoms with E-state index in [0.29, 0.717) is 19.1 Å². The van der Waals surface area contributed by atoms with Crippen molar-refractivity contribution >= 4 is 6.09 Å². The Kier molecular flexibility index (Phi) is 4.80. The Morgan fingerprint density at radius 2 is 2.11 bits per heavy atom. The van der Waals surface area contributed by atoms with Crippen molar-refractivity contribution in [3.63, 3.8) is 0 Å². The van der Waals surface area contributed by atoms with Gasteiger partial charge in [-0.25, -0.2) is 4.79 Å². The van der Waals surface area contributed by atoms with Gasteiger partial charge in [0.2, 0.25) is 0 Å². The number of nitrogens with zero attached hydrogens (tertiary/aromatic N) is 1. The predicted molar refractivity (Wildman–Crippen MR) is 72.8 cm³/mol. The molecule has 0 aliphatic carbocycles. The van der Waals surface area contributed by atoms with Crippen LogP contribution < -0.4 is 0 Å². The number of hydrogen-bond acceptors (Lipinski definition) is 3. The van der Waals surface area contributed by atoms with Crippen molar-refractivity contribution in [1.82, 2.24) is 4.90 Å². The number of carbonyl (C=O) groups excluding carboxylic acids is 1. The second kappa shape index (κ2) is 6.57. The van der Waals surface area contributed by atoms with Crippen molar-refractivity contribution in [2.24, 2.45) is 5.92 Å². The van der Waals surface area contributed by atoms with Crippen LogP contribution in [0.15, 0.2) is 30.3 Å². The number of ether oxygens (including phenoxy) is 2. The lowest BCUT2D eigenvalue weighted by molar-refractivity contribution is -0.00740. The molecule has 104 valence electrons. The molecular weight excluding hydrogens is 242 g/mol. The van der Waals surface area contributed by atoms with Gasteiger partial charge in [-0.2, -0.15) is 0 Å². The van der Waals surface area contributed by atoms with Gasteiger partial charge in [-0.1, -0.05) is 37.3 Å². The van der Waals surface area contributed by atoms with E-state index in [2.05, 4.69) is 6.92 Å². The lowest BCUT2D eigenvalue weighted by Crippen LogP contribution is -2.46. The van der Waals surface area contributed by atoms with Crippen molar-refractivity contribution in [1.29, 1.82) is 0 Å². The van der Waals surface area contributed by atoms with Gasteiger partial charge in [-0.3, -0.25) is 0 Å². The molecule has 1 aromatic rings. The molecule has 19 heavy (non-hydrogen) atoms. The highest BCUT2D eigenvalue weighted by Gasteiger charge is 2.29. The summed E-state index contributed by atoms with van der Waals surface area (Å²) in [5.41, 5.74) is 1.00. The number of rotatable bonds is 3. The number of amides is 1. The summed E-state index contributed by atoms with van der Waals surface area (Å²) in [6.07, 6.45) is 0.815. The number of likely N-dealkylation sites (tertiary alicyclic amines) is 1. The van der Waals surface area contributed by atoms with Crippen LogP contribution in [0, 0.1) is 5.92 Å². The number of methoxy groups -OCH3 is 1. The first kappa shape index (κ1) is 13.9. The topological polar surface area (TPSA) is 38.8 Å². The van der Waals surface area contributed by atoms with E-state index in [1.807, 2.05) is 30.3 Å². The van der Waals surface area contributed by atoms with Crippen LogP contribution in [0.3, 0.4) is 0 Å². The van der Waals surface area contributed by atoms with Gasteiger partial charge in [-0.05, 0) is 17.9 Å². The molecule has 1 aliphatic heterocycles. The summed E-state index contributed by atoms with van der Waals surface area (Å²) in [7, 11) is 1.69. The van der Waals surface area contributed by atoms with Gasteiger partial charge in [0.05, 0.1) is 12.6 Å². The minimum absolute atomic E-state index is 0.109.